The van der Waals surface area contributed by atoms with Gasteiger partial charge >= 0.3 is 0 Å². The lowest BCUT2D eigenvalue weighted by Crippen LogP contribution is -2.25. The smallest absolute Gasteiger partial charge is 0.273 e. The molecule has 1 atom stereocenters. The summed E-state index contributed by atoms with van der Waals surface area (Å²) in [6.07, 6.45) is 0.354. The molecule has 1 heterocycles. The summed E-state index contributed by atoms with van der Waals surface area (Å²) in [5.74, 6) is -0.565. The van der Waals surface area contributed by atoms with E-state index in [-0.39, 0.29) is 0 Å². The molecule has 0 spiro atoms. The summed E-state index contributed by atoms with van der Waals surface area (Å²) >= 11 is 0. The predicted octanol–water partition coefficient (Wildman–Crippen LogP) is 3.59. The first kappa shape index (κ1) is 18.6. The number of aliphatic hydroxyl groups is 1. The van der Waals surface area contributed by atoms with Gasteiger partial charge in [0.1, 0.15) is 0 Å². The number of rotatable bonds is 5. The maximum Gasteiger partial charge on any atom is 0.273 e. The number of hydrogen-bond acceptors (Lipinski definition) is 3. The zero-order valence-corrected chi connectivity index (χ0v) is 15.7. The van der Waals surface area contributed by atoms with E-state index in [9.17, 15) is 9.90 Å². The Morgan fingerprint density at radius 2 is 1.81 bits per heavy atom. The van der Waals surface area contributed by atoms with Gasteiger partial charge in [0.05, 0.1) is 6.21 Å². The standard InChI is InChI=1S/C22H23N3O2/c1-15-8-7-11-20(12-15)25-16(2)13-19(17(25)3)14-23-24-22(27)21(26)18-9-5-4-6-10-18/h4-14,21,26H,1-3H3,(H,24,27)/b23-14-/t21-/m0/s1. The lowest BCUT2D eigenvalue weighted by molar-refractivity contribution is -0.129. The van der Waals surface area contributed by atoms with Crippen LogP contribution in [0.3, 0.4) is 0 Å². The highest BCUT2D eigenvalue weighted by Gasteiger charge is 2.16. The van der Waals surface area contributed by atoms with Crippen molar-refractivity contribution < 1.29 is 9.90 Å². The van der Waals surface area contributed by atoms with E-state index in [1.807, 2.05) is 32.0 Å². The average Bonchev–Trinajstić information content (AvgIpc) is 2.95. The van der Waals surface area contributed by atoms with Crippen LogP contribution in [0.5, 0.6) is 0 Å². The van der Waals surface area contributed by atoms with Crippen LogP contribution in [-0.4, -0.2) is 21.8 Å². The molecule has 0 fully saturated rings. The van der Waals surface area contributed by atoms with Gasteiger partial charge in [-0.15, -0.1) is 0 Å². The second-order valence-electron chi connectivity index (χ2n) is 6.55. The third kappa shape index (κ3) is 4.15. The van der Waals surface area contributed by atoms with Gasteiger partial charge in [0.2, 0.25) is 0 Å². The molecule has 138 valence electrons. The van der Waals surface area contributed by atoms with Crippen LogP contribution in [-0.2, 0) is 4.79 Å². The summed E-state index contributed by atoms with van der Waals surface area (Å²) in [6, 6.07) is 19.1. The van der Waals surface area contributed by atoms with Gasteiger partial charge in [0, 0.05) is 22.6 Å². The molecule has 0 aliphatic rings. The van der Waals surface area contributed by atoms with E-state index in [4.69, 9.17) is 0 Å². The monoisotopic (exact) mass is 361 g/mol. The molecule has 0 unspecified atom stereocenters. The number of nitrogens with zero attached hydrogens (tertiary/aromatic N) is 2. The normalized spacial score (nSPS) is 12.3. The molecule has 1 amide bonds. The summed E-state index contributed by atoms with van der Waals surface area (Å²) in [7, 11) is 0. The Hall–Kier alpha value is -3.18. The van der Waals surface area contributed by atoms with Gasteiger partial charge in [-0.1, -0.05) is 42.5 Å². The number of aromatic nitrogens is 1. The van der Waals surface area contributed by atoms with Crippen LogP contribution in [0.2, 0.25) is 0 Å². The molecule has 1 aromatic heterocycles. The summed E-state index contributed by atoms with van der Waals surface area (Å²) in [6.45, 7) is 6.11. The minimum Gasteiger partial charge on any atom is -0.378 e. The zero-order chi connectivity index (χ0) is 19.4. The van der Waals surface area contributed by atoms with Crippen molar-refractivity contribution in [1.82, 2.24) is 9.99 Å². The number of aryl methyl sites for hydroxylation is 2. The van der Waals surface area contributed by atoms with Crippen molar-refractivity contribution in [3.63, 3.8) is 0 Å². The molecule has 2 aromatic carbocycles. The van der Waals surface area contributed by atoms with Gasteiger partial charge in [0.15, 0.2) is 6.10 Å². The van der Waals surface area contributed by atoms with Crippen LogP contribution in [0.1, 0.15) is 34.2 Å². The number of carbonyl (C=O) groups excluding carboxylic acids is 1. The maximum atomic E-state index is 12.1. The second-order valence-corrected chi connectivity index (χ2v) is 6.55. The van der Waals surface area contributed by atoms with E-state index in [1.54, 1.807) is 30.5 Å². The van der Waals surface area contributed by atoms with Gasteiger partial charge in [-0.2, -0.15) is 5.10 Å². The molecule has 0 aliphatic carbocycles. The van der Waals surface area contributed by atoms with Crippen LogP contribution >= 0.6 is 0 Å². The lowest BCUT2D eigenvalue weighted by Gasteiger charge is -2.10. The number of amides is 1. The Morgan fingerprint density at radius 3 is 2.52 bits per heavy atom. The van der Waals surface area contributed by atoms with E-state index in [1.165, 1.54) is 5.56 Å². The topological polar surface area (TPSA) is 66.6 Å². The molecule has 5 heteroatoms. The van der Waals surface area contributed by atoms with Gasteiger partial charge in [0.25, 0.3) is 5.91 Å². The van der Waals surface area contributed by atoms with E-state index in [0.29, 0.717) is 5.56 Å². The van der Waals surface area contributed by atoms with Crippen molar-refractivity contribution in [3.05, 3.63) is 88.7 Å². The number of nitrogens with one attached hydrogen (secondary N) is 1. The fraction of sp³-hybridized carbons (Fsp3) is 0.182. The summed E-state index contributed by atoms with van der Waals surface area (Å²) in [5, 5.41) is 14.1. The molecular weight excluding hydrogens is 338 g/mol. The highest BCUT2D eigenvalue weighted by molar-refractivity contribution is 5.86. The van der Waals surface area contributed by atoms with Crippen LogP contribution in [0, 0.1) is 20.8 Å². The minimum absolute atomic E-state index is 0.530. The van der Waals surface area contributed by atoms with Crippen LogP contribution in [0.4, 0.5) is 0 Å². The van der Waals surface area contributed by atoms with Crippen LogP contribution in [0.15, 0.2) is 65.8 Å². The number of benzene rings is 2. The van der Waals surface area contributed by atoms with Crippen molar-refractivity contribution in [1.29, 1.82) is 0 Å². The Kier molecular flexibility index (Phi) is 5.52. The van der Waals surface area contributed by atoms with Gasteiger partial charge in [-0.25, -0.2) is 5.43 Å². The minimum atomic E-state index is -1.25. The van der Waals surface area contributed by atoms with Crippen molar-refractivity contribution in [2.45, 2.75) is 26.9 Å². The fourth-order valence-corrected chi connectivity index (χ4v) is 3.10. The highest BCUT2D eigenvalue weighted by Crippen LogP contribution is 2.20. The zero-order valence-electron chi connectivity index (χ0n) is 15.7. The van der Waals surface area contributed by atoms with Gasteiger partial charge < -0.3 is 9.67 Å². The van der Waals surface area contributed by atoms with Crippen molar-refractivity contribution in [2.75, 3.05) is 0 Å². The first-order chi connectivity index (χ1) is 13.0. The Morgan fingerprint density at radius 1 is 1.07 bits per heavy atom. The number of hydrogen-bond donors (Lipinski definition) is 2. The maximum absolute atomic E-state index is 12.1. The molecule has 0 saturated carbocycles. The third-order valence-electron chi connectivity index (χ3n) is 4.47. The highest BCUT2D eigenvalue weighted by atomic mass is 16.3. The predicted molar refractivity (Wildman–Crippen MR) is 107 cm³/mol. The molecule has 3 rings (SSSR count). The molecule has 2 N–H and O–H groups in total. The van der Waals surface area contributed by atoms with Crippen molar-refractivity contribution >= 4 is 12.1 Å². The van der Waals surface area contributed by atoms with Crippen molar-refractivity contribution in [3.8, 4) is 5.69 Å². The quantitative estimate of drug-likeness (QED) is 0.539. The molecule has 27 heavy (non-hydrogen) atoms. The second kappa shape index (κ2) is 8.01. The third-order valence-corrected chi connectivity index (χ3v) is 4.47. The number of aliphatic hydroxyl groups excluding tert-OH is 1. The molecule has 3 aromatic rings. The average molecular weight is 361 g/mol. The number of hydrazone groups is 1. The summed E-state index contributed by atoms with van der Waals surface area (Å²) in [4.78, 5) is 12.1. The van der Waals surface area contributed by atoms with E-state index >= 15 is 0 Å². The lowest BCUT2D eigenvalue weighted by atomic mass is 10.1. The Labute approximate surface area is 159 Å². The largest absolute Gasteiger partial charge is 0.378 e. The van der Waals surface area contributed by atoms with Gasteiger partial charge in [-0.3, -0.25) is 4.79 Å². The molecule has 0 radical (unpaired) electrons. The first-order valence-electron chi connectivity index (χ1n) is 8.79. The van der Waals surface area contributed by atoms with E-state index < -0.39 is 12.0 Å². The Balaban J connectivity index is 1.75. The molecule has 0 bridgehead atoms. The summed E-state index contributed by atoms with van der Waals surface area (Å²) in [5.41, 5.74) is 8.23. The first-order valence-corrected chi connectivity index (χ1v) is 8.79. The molecule has 5 nitrogen and oxygen atoms in total. The molecule has 0 aliphatic heterocycles. The number of carbonyl (C=O) groups is 1. The SMILES string of the molecule is Cc1cccc(-n2c(C)cc(/C=N\NC(=O)[C@@H](O)c3ccccc3)c2C)c1. The fourth-order valence-electron chi connectivity index (χ4n) is 3.10. The van der Waals surface area contributed by atoms with E-state index in [0.717, 1.165) is 22.6 Å². The Bertz CT molecular complexity index is 974. The van der Waals surface area contributed by atoms with E-state index in [2.05, 4.69) is 40.2 Å². The van der Waals surface area contributed by atoms with Crippen LogP contribution in [0.25, 0.3) is 5.69 Å². The molecule has 0 saturated heterocycles. The summed E-state index contributed by atoms with van der Waals surface area (Å²) < 4.78 is 2.15. The van der Waals surface area contributed by atoms with Gasteiger partial charge in [-0.05, 0) is 50.1 Å². The molecular formula is C22H23N3O2. The van der Waals surface area contributed by atoms with Crippen LogP contribution < -0.4 is 5.43 Å². The van der Waals surface area contributed by atoms with Crippen molar-refractivity contribution in [2.24, 2.45) is 5.10 Å².